The van der Waals surface area contributed by atoms with Gasteiger partial charge in [0.25, 0.3) is 0 Å². The zero-order chi connectivity index (χ0) is 13.0. The third-order valence-electron chi connectivity index (χ3n) is 3.88. The maximum Gasteiger partial charge on any atom is 0.309 e. The van der Waals surface area contributed by atoms with Crippen LogP contribution in [-0.4, -0.2) is 49.7 Å². The van der Waals surface area contributed by atoms with E-state index in [1.807, 2.05) is 13.8 Å². The Morgan fingerprint density at radius 3 is 2.47 bits per heavy atom. The van der Waals surface area contributed by atoms with Gasteiger partial charge in [-0.05, 0) is 33.7 Å². The van der Waals surface area contributed by atoms with Crippen molar-refractivity contribution in [2.24, 2.45) is 5.92 Å². The minimum absolute atomic E-state index is 0.0987. The molecule has 1 rings (SSSR count). The average molecular weight is 242 g/mol. The fourth-order valence-electron chi connectivity index (χ4n) is 1.91. The summed E-state index contributed by atoms with van der Waals surface area (Å²) in [6.07, 6.45) is 2.66. The van der Waals surface area contributed by atoms with Crippen molar-refractivity contribution in [1.29, 1.82) is 0 Å². The molecule has 17 heavy (non-hydrogen) atoms. The van der Waals surface area contributed by atoms with E-state index in [2.05, 4.69) is 24.2 Å². The normalized spacial score (nSPS) is 21.1. The van der Waals surface area contributed by atoms with Gasteiger partial charge < -0.3 is 10.1 Å². The van der Waals surface area contributed by atoms with Gasteiger partial charge in [-0.2, -0.15) is 0 Å². The molecule has 0 radical (unpaired) electrons. The van der Waals surface area contributed by atoms with Crippen LogP contribution >= 0.6 is 0 Å². The Kier molecular flexibility index (Phi) is 5.40. The predicted octanol–water partition coefficient (Wildman–Crippen LogP) is 1.26. The van der Waals surface area contributed by atoms with Gasteiger partial charge in [0.2, 0.25) is 0 Å². The maximum absolute atomic E-state index is 11.4. The van der Waals surface area contributed by atoms with E-state index in [1.54, 1.807) is 0 Å². The van der Waals surface area contributed by atoms with E-state index in [4.69, 9.17) is 4.74 Å². The molecule has 0 aliphatic heterocycles. The largest absolute Gasteiger partial charge is 0.469 e. The molecule has 0 aromatic heterocycles. The van der Waals surface area contributed by atoms with Crippen LogP contribution in [0.2, 0.25) is 0 Å². The highest BCUT2D eigenvalue weighted by atomic mass is 16.5. The topological polar surface area (TPSA) is 41.6 Å². The molecule has 0 amide bonds. The first-order chi connectivity index (χ1) is 7.97. The molecule has 1 fully saturated rings. The van der Waals surface area contributed by atoms with Crippen LogP contribution in [0.4, 0.5) is 0 Å². The number of nitrogens with one attached hydrogen (secondary N) is 1. The number of nitrogens with zero attached hydrogens (tertiary/aromatic N) is 1. The second kappa shape index (κ2) is 6.36. The first kappa shape index (κ1) is 14.5. The highest BCUT2D eigenvalue weighted by molar-refractivity contribution is 5.72. The summed E-state index contributed by atoms with van der Waals surface area (Å²) in [6.45, 7) is 7.07. The van der Waals surface area contributed by atoms with Gasteiger partial charge in [0.1, 0.15) is 0 Å². The summed E-state index contributed by atoms with van der Waals surface area (Å²) in [6, 6.07) is 1.44. The molecule has 1 aliphatic carbocycles. The molecular weight excluding hydrogens is 216 g/mol. The maximum atomic E-state index is 11.4. The summed E-state index contributed by atoms with van der Waals surface area (Å²) in [5.41, 5.74) is 0. The van der Waals surface area contributed by atoms with Crippen molar-refractivity contribution in [3.8, 4) is 0 Å². The van der Waals surface area contributed by atoms with Crippen molar-refractivity contribution in [1.82, 2.24) is 10.2 Å². The lowest BCUT2D eigenvalue weighted by atomic mass is 10.0. The highest BCUT2D eigenvalue weighted by Gasteiger charge is 2.29. The fourth-order valence-corrected chi connectivity index (χ4v) is 1.91. The van der Waals surface area contributed by atoms with Crippen LogP contribution in [-0.2, 0) is 9.53 Å². The molecule has 1 N–H and O–H groups in total. The molecule has 0 aromatic rings. The Morgan fingerprint density at radius 2 is 2.00 bits per heavy atom. The summed E-state index contributed by atoms with van der Waals surface area (Å²) in [7, 11) is 3.62. The van der Waals surface area contributed by atoms with E-state index in [0.29, 0.717) is 6.04 Å². The number of ether oxygens (including phenoxy) is 1. The van der Waals surface area contributed by atoms with Gasteiger partial charge in [-0.1, -0.05) is 6.92 Å². The van der Waals surface area contributed by atoms with Crippen LogP contribution in [0.25, 0.3) is 0 Å². The van der Waals surface area contributed by atoms with Crippen molar-refractivity contribution >= 4 is 5.97 Å². The Labute approximate surface area is 105 Å². The summed E-state index contributed by atoms with van der Waals surface area (Å²) in [4.78, 5) is 13.8. The van der Waals surface area contributed by atoms with Crippen LogP contribution < -0.4 is 5.32 Å². The summed E-state index contributed by atoms with van der Waals surface area (Å²) >= 11 is 0. The number of carbonyl (C=O) groups is 1. The van der Waals surface area contributed by atoms with Crippen LogP contribution in [0.15, 0.2) is 0 Å². The van der Waals surface area contributed by atoms with Gasteiger partial charge in [0.05, 0.1) is 13.0 Å². The minimum atomic E-state index is -0.145. The van der Waals surface area contributed by atoms with Crippen molar-refractivity contribution in [2.45, 2.75) is 51.7 Å². The fraction of sp³-hybridized carbons (Fsp3) is 0.923. The Hall–Kier alpha value is -0.610. The van der Waals surface area contributed by atoms with Crippen molar-refractivity contribution in [3.63, 3.8) is 0 Å². The number of carbonyl (C=O) groups excluding carboxylic acids is 1. The molecule has 0 heterocycles. The molecule has 1 saturated carbocycles. The first-order valence-electron chi connectivity index (χ1n) is 6.50. The third kappa shape index (κ3) is 4.28. The molecule has 0 spiro atoms. The second-order valence-electron chi connectivity index (χ2n) is 5.25. The highest BCUT2D eigenvalue weighted by Crippen LogP contribution is 2.26. The lowest BCUT2D eigenvalue weighted by Crippen LogP contribution is -2.45. The van der Waals surface area contributed by atoms with Gasteiger partial charge in [-0.3, -0.25) is 9.69 Å². The van der Waals surface area contributed by atoms with E-state index in [1.165, 1.54) is 20.0 Å². The molecule has 100 valence electrons. The van der Waals surface area contributed by atoms with Crippen LogP contribution in [0.3, 0.4) is 0 Å². The van der Waals surface area contributed by atoms with E-state index in [-0.39, 0.29) is 17.9 Å². The van der Waals surface area contributed by atoms with Gasteiger partial charge in [0, 0.05) is 24.7 Å². The molecule has 3 atom stereocenters. The van der Waals surface area contributed by atoms with Crippen LogP contribution in [0.1, 0.15) is 33.6 Å². The number of likely N-dealkylation sites (N-methyl/N-ethyl adjacent to an activating group) is 1. The average Bonchev–Trinajstić information content (AvgIpc) is 3.16. The predicted molar refractivity (Wildman–Crippen MR) is 68.9 cm³/mol. The number of methoxy groups -OCH3 is 1. The SMILES string of the molecule is COC(=O)C(C)C(C)NCC(C)N(C)C1CC1. The van der Waals surface area contributed by atoms with E-state index >= 15 is 0 Å². The number of esters is 1. The summed E-state index contributed by atoms with van der Waals surface area (Å²) in [5, 5.41) is 3.42. The monoisotopic (exact) mass is 242 g/mol. The first-order valence-corrected chi connectivity index (χ1v) is 6.50. The molecule has 3 unspecified atom stereocenters. The van der Waals surface area contributed by atoms with Crippen molar-refractivity contribution in [2.75, 3.05) is 20.7 Å². The zero-order valence-corrected chi connectivity index (χ0v) is 11.7. The van der Waals surface area contributed by atoms with E-state index < -0.39 is 0 Å². The quantitative estimate of drug-likeness (QED) is 0.682. The van der Waals surface area contributed by atoms with Gasteiger partial charge in [-0.25, -0.2) is 0 Å². The minimum Gasteiger partial charge on any atom is -0.469 e. The van der Waals surface area contributed by atoms with Gasteiger partial charge in [0.15, 0.2) is 0 Å². The third-order valence-corrected chi connectivity index (χ3v) is 3.88. The Bertz CT molecular complexity index is 254. The van der Waals surface area contributed by atoms with Gasteiger partial charge >= 0.3 is 5.97 Å². The van der Waals surface area contributed by atoms with Crippen LogP contribution in [0, 0.1) is 5.92 Å². The van der Waals surface area contributed by atoms with E-state index in [0.717, 1.165) is 12.6 Å². The Morgan fingerprint density at radius 1 is 1.41 bits per heavy atom. The summed E-state index contributed by atoms with van der Waals surface area (Å²) in [5.74, 6) is -0.244. The van der Waals surface area contributed by atoms with Crippen molar-refractivity contribution < 1.29 is 9.53 Å². The molecule has 4 nitrogen and oxygen atoms in total. The van der Waals surface area contributed by atoms with Crippen LogP contribution in [0.5, 0.6) is 0 Å². The number of hydrogen-bond acceptors (Lipinski definition) is 4. The molecular formula is C13H26N2O2. The standard InChI is InChI=1S/C13H26N2O2/c1-9(15(4)12-6-7-12)8-14-11(3)10(2)13(16)17-5/h9-12,14H,6-8H2,1-5H3. The zero-order valence-electron chi connectivity index (χ0n) is 11.7. The Balaban J connectivity index is 2.26. The molecule has 0 saturated heterocycles. The van der Waals surface area contributed by atoms with E-state index in [9.17, 15) is 4.79 Å². The smallest absolute Gasteiger partial charge is 0.309 e. The lowest BCUT2D eigenvalue weighted by molar-refractivity contribution is -0.145. The van der Waals surface area contributed by atoms with Crippen molar-refractivity contribution in [3.05, 3.63) is 0 Å². The van der Waals surface area contributed by atoms with Gasteiger partial charge in [-0.15, -0.1) is 0 Å². The summed E-state index contributed by atoms with van der Waals surface area (Å²) < 4.78 is 4.75. The molecule has 0 bridgehead atoms. The molecule has 4 heteroatoms. The molecule has 0 aromatic carbocycles. The number of rotatable bonds is 7. The lowest BCUT2D eigenvalue weighted by Gasteiger charge is -2.27. The number of hydrogen-bond donors (Lipinski definition) is 1. The molecule has 1 aliphatic rings. The second-order valence-corrected chi connectivity index (χ2v) is 5.25.